The number of esters is 1. The predicted octanol–water partition coefficient (Wildman–Crippen LogP) is 4.26. The zero-order valence-corrected chi connectivity index (χ0v) is 16.3. The molecular weight excluding hydrogens is 362 g/mol. The van der Waals surface area contributed by atoms with Gasteiger partial charge in [0.2, 0.25) is 5.82 Å². The number of ether oxygens (including phenoxy) is 1. The highest BCUT2D eigenvalue weighted by Crippen LogP contribution is 2.25. The maximum Gasteiger partial charge on any atom is 0.316 e. The average Bonchev–Trinajstić information content (AvgIpc) is 3.14. The molecule has 2 aromatic heterocycles. The van der Waals surface area contributed by atoms with Crippen LogP contribution in [0.2, 0.25) is 0 Å². The van der Waals surface area contributed by atoms with Gasteiger partial charge in [-0.3, -0.25) is 9.78 Å². The lowest BCUT2D eigenvalue weighted by molar-refractivity contribution is -0.142. The van der Waals surface area contributed by atoms with Gasteiger partial charge in [-0.05, 0) is 35.2 Å². The van der Waals surface area contributed by atoms with E-state index in [4.69, 9.17) is 9.26 Å². The van der Waals surface area contributed by atoms with Gasteiger partial charge in [-0.1, -0.05) is 38.1 Å². The van der Waals surface area contributed by atoms with Gasteiger partial charge < -0.3 is 9.26 Å². The van der Waals surface area contributed by atoms with E-state index in [1.54, 1.807) is 18.5 Å². The molecule has 140 valence electrons. The highest BCUT2D eigenvalue weighted by atomic mass is 32.2. The van der Waals surface area contributed by atoms with Crippen LogP contribution in [0.25, 0.3) is 11.4 Å². The van der Waals surface area contributed by atoms with Crippen molar-refractivity contribution >= 4 is 17.7 Å². The molecule has 0 N–H and O–H groups in total. The molecule has 0 atom stereocenters. The fourth-order valence-corrected chi connectivity index (χ4v) is 3.00. The fourth-order valence-electron chi connectivity index (χ4n) is 2.30. The predicted molar refractivity (Wildman–Crippen MR) is 103 cm³/mol. The first-order valence-corrected chi connectivity index (χ1v) is 9.52. The molecule has 0 bridgehead atoms. The molecule has 0 fully saturated rings. The van der Waals surface area contributed by atoms with Crippen LogP contribution < -0.4 is 0 Å². The van der Waals surface area contributed by atoms with Crippen LogP contribution in [0.15, 0.2) is 58.2 Å². The molecule has 0 saturated carbocycles. The van der Waals surface area contributed by atoms with Crippen LogP contribution in [-0.2, 0) is 21.6 Å². The van der Waals surface area contributed by atoms with Crippen molar-refractivity contribution < 1.29 is 14.1 Å². The molecule has 3 rings (SSSR count). The standard InChI is InChI=1S/C20H21N3O3S/c1-20(2,3)15-6-8-16(9-7-15)27-13-18(24)25-12-17-22-19(23-26-17)14-5-4-10-21-11-14/h4-11H,12-13H2,1-3H3. The molecule has 3 aromatic rings. The highest BCUT2D eigenvalue weighted by molar-refractivity contribution is 8.00. The van der Waals surface area contributed by atoms with Crippen molar-refractivity contribution in [1.82, 2.24) is 15.1 Å². The van der Waals surface area contributed by atoms with Crippen LogP contribution in [0.1, 0.15) is 32.2 Å². The van der Waals surface area contributed by atoms with E-state index in [0.717, 1.165) is 10.5 Å². The number of hydrogen-bond donors (Lipinski definition) is 0. The normalized spacial score (nSPS) is 11.4. The molecule has 0 radical (unpaired) electrons. The third kappa shape index (κ3) is 5.40. The third-order valence-electron chi connectivity index (χ3n) is 3.82. The Bertz CT molecular complexity index is 887. The van der Waals surface area contributed by atoms with Crippen molar-refractivity contribution in [1.29, 1.82) is 0 Å². The van der Waals surface area contributed by atoms with E-state index in [1.807, 2.05) is 18.2 Å². The molecule has 0 saturated heterocycles. The van der Waals surface area contributed by atoms with Crippen LogP contribution in [0.4, 0.5) is 0 Å². The Morgan fingerprint density at radius 1 is 1.19 bits per heavy atom. The minimum Gasteiger partial charge on any atom is -0.455 e. The summed E-state index contributed by atoms with van der Waals surface area (Å²) in [5.41, 5.74) is 2.12. The van der Waals surface area contributed by atoms with Crippen molar-refractivity contribution in [2.45, 2.75) is 37.7 Å². The van der Waals surface area contributed by atoms with E-state index < -0.39 is 0 Å². The van der Waals surface area contributed by atoms with Gasteiger partial charge >= 0.3 is 5.97 Å². The molecule has 27 heavy (non-hydrogen) atoms. The van der Waals surface area contributed by atoms with Gasteiger partial charge in [0.15, 0.2) is 6.61 Å². The summed E-state index contributed by atoms with van der Waals surface area (Å²) in [6.07, 6.45) is 3.31. The van der Waals surface area contributed by atoms with E-state index in [0.29, 0.717) is 5.82 Å². The van der Waals surface area contributed by atoms with Gasteiger partial charge in [0, 0.05) is 22.9 Å². The van der Waals surface area contributed by atoms with Crippen LogP contribution in [0.5, 0.6) is 0 Å². The number of hydrogen-bond acceptors (Lipinski definition) is 7. The van der Waals surface area contributed by atoms with Gasteiger partial charge in [0.05, 0.1) is 5.75 Å². The molecule has 0 spiro atoms. The number of carbonyl (C=O) groups is 1. The zero-order valence-electron chi connectivity index (χ0n) is 15.5. The Morgan fingerprint density at radius 2 is 1.96 bits per heavy atom. The van der Waals surface area contributed by atoms with Crippen molar-refractivity contribution in [3.63, 3.8) is 0 Å². The van der Waals surface area contributed by atoms with Crippen LogP contribution in [-0.4, -0.2) is 26.8 Å². The number of benzene rings is 1. The summed E-state index contributed by atoms with van der Waals surface area (Å²) in [7, 11) is 0. The summed E-state index contributed by atoms with van der Waals surface area (Å²) in [6, 6.07) is 11.8. The second kappa shape index (κ2) is 8.35. The maximum absolute atomic E-state index is 11.9. The smallest absolute Gasteiger partial charge is 0.316 e. The summed E-state index contributed by atoms with van der Waals surface area (Å²) in [5, 5.41) is 3.86. The summed E-state index contributed by atoms with van der Waals surface area (Å²) < 4.78 is 10.3. The van der Waals surface area contributed by atoms with E-state index in [2.05, 4.69) is 48.0 Å². The van der Waals surface area contributed by atoms with Crippen LogP contribution in [0, 0.1) is 0 Å². The molecule has 1 aromatic carbocycles. The number of rotatable bonds is 6. The summed E-state index contributed by atoms with van der Waals surface area (Å²) >= 11 is 1.44. The number of pyridine rings is 1. The first-order chi connectivity index (χ1) is 12.9. The summed E-state index contributed by atoms with van der Waals surface area (Å²) in [5.74, 6) is 0.559. The minimum atomic E-state index is -0.332. The third-order valence-corrected chi connectivity index (χ3v) is 4.81. The molecule has 0 unspecified atom stereocenters. The largest absolute Gasteiger partial charge is 0.455 e. The first-order valence-electron chi connectivity index (χ1n) is 8.54. The topological polar surface area (TPSA) is 78.1 Å². The van der Waals surface area contributed by atoms with E-state index in [-0.39, 0.29) is 29.6 Å². The molecule has 6 nitrogen and oxygen atoms in total. The summed E-state index contributed by atoms with van der Waals surface area (Å²) in [6.45, 7) is 6.47. The van der Waals surface area contributed by atoms with Gasteiger partial charge in [-0.15, -0.1) is 11.8 Å². The second-order valence-corrected chi connectivity index (χ2v) is 8.03. The lowest BCUT2D eigenvalue weighted by Gasteiger charge is -2.18. The van der Waals surface area contributed by atoms with E-state index in [1.165, 1.54) is 17.3 Å². The Kier molecular flexibility index (Phi) is 5.91. The van der Waals surface area contributed by atoms with Crippen LogP contribution >= 0.6 is 11.8 Å². The van der Waals surface area contributed by atoms with Gasteiger partial charge in [-0.25, -0.2) is 0 Å². The molecule has 0 aliphatic rings. The lowest BCUT2D eigenvalue weighted by Crippen LogP contribution is -2.10. The average molecular weight is 383 g/mol. The van der Waals surface area contributed by atoms with Gasteiger partial charge in [-0.2, -0.15) is 4.98 Å². The Morgan fingerprint density at radius 3 is 2.63 bits per heavy atom. The van der Waals surface area contributed by atoms with Crippen LogP contribution in [0.3, 0.4) is 0 Å². The molecule has 7 heteroatoms. The monoisotopic (exact) mass is 383 g/mol. The number of carbonyl (C=O) groups excluding carboxylic acids is 1. The molecule has 0 amide bonds. The molecule has 0 aliphatic carbocycles. The molecule has 2 heterocycles. The SMILES string of the molecule is CC(C)(C)c1ccc(SCC(=O)OCc2nc(-c3cccnc3)no2)cc1. The van der Waals surface area contributed by atoms with Crippen molar-refractivity contribution in [2.24, 2.45) is 0 Å². The Labute approximate surface area is 162 Å². The summed E-state index contributed by atoms with van der Waals surface area (Å²) in [4.78, 5) is 21.2. The number of thioether (sulfide) groups is 1. The van der Waals surface area contributed by atoms with Crippen molar-refractivity contribution in [3.8, 4) is 11.4 Å². The van der Waals surface area contributed by atoms with Crippen molar-refractivity contribution in [2.75, 3.05) is 5.75 Å². The zero-order chi connectivity index (χ0) is 19.3. The van der Waals surface area contributed by atoms with E-state index >= 15 is 0 Å². The second-order valence-electron chi connectivity index (χ2n) is 6.98. The quantitative estimate of drug-likeness (QED) is 0.465. The fraction of sp³-hybridized carbons (Fsp3) is 0.300. The van der Waals surface area contributed by atoms with Gasteiger partial charge in [0.1, 0.15) is 0 Å². The number of nitrogens with zero attached hydrogens (tertiary/aromatic N) is 3. The van der Waals surface area contributed by atoms with E-state index in [9.17, 15) is 4.79 Å². The molecule has 0 aliphatic heterocycles. The Balaban J connectivity index is 1.47. The maximum atomic E-state index is 11.9. The minimum absolute atomic E-state index is 0.0460. The first kappa shape index (κ1) is 19.1. The van der Waals surface area contributed by atoms with Crippen molar-refractivity contribution in [3.05, 3.63) is 60.2 Å². The lowest BCUT2D eigenvalue weighted by atomic mass is 9.87. The number of aromatic nitrogens is 3. The Hall–Kier alpha value is -2.67. The van der Waals surface area contributed by atoms with Gasteiger partial charge in [0.25, 0.3) is 5.89 Å². The highest BCUT2D eigenvalue weighted by Gasteiger charge is 2.14. The molecular formula is C20H21N3O3S.